The largest absolute Gasteiger partial charge is 0.488 e. The van der Waals surface area contributed by atoms with E-state index in [0.717, 1.165) is 28.4 Å². The number of carbonyl (C=O) groups excluding carboxylic acids is 1. The van der Waals surface area contributed by atoms with Crippen molar-refractivity contribution < 1.29 is 14.3 Å². The zero-order valence-electron chi connectivity index (χ0n) is 19.0. The normalized spacial score (nSPS) is 11.8. The van der Waals surface area contributed by atoms with Gasteiger partial charge in [0.25, 0.3) is 5.91 Å². The zero-order valence-corrected chi connectivity index (χ0v) is 20.5. The van der Waals surface area contributed by atoms with E-state index >= 15 is 0 Å². The van der Waals surface area contributed by atoms with Crippen LogP contribution in [0.25, 0.3) is 0 Å². The maximum atomic E-state index is 12.1. The summed E-state index contributed by atoms with van der Waals surface area (Å²) in [5, 5.41) is 4.05. The fourth-order valence-corrected chi connectivity index (χ4v) is 3.80. The molecule has 1 N–H and O–H groups in total. The minimum Gasteiger partial charge on any atom is -0.488 e. The van der Waals surface area contributed by atoms with Gasteiger partial charge in [-0.2, -0.15) is 5.10 Å². The van der Waals surface area contributed by atoms with Crippen molar-refractivity contribution in [3.63, 3.8) is 0 Å². The summed E-state index contributed by atoms with van der Waals surface area (Å²) in [5.74, 6) is 1.53. The highest BCUT2D eigenvalue weighted by Crippen LogP contribution is 2.23. The standard InChI is InChI=1S/C27H29BrN2O3/c1-3-7-20(2)22-12-14-25(15-13-22)32-19-27(31)30-29-17-23-9-4-5-11-26(23)33-18-21-8-6-10-24(28)16-21/h4-6,8-17,20H,3,7,18-19H2,1-2H3,(H,30,31)/b29-17-. The molecular formula is C27H29BrN2O3. The minimum absolute atomic E-state index is 0.109. The Kier molecular flexibility index (Phi) is 9.51. The third-order valence-electron chi connectivity index (χ3n) is 5.14. The van der Waals surface area contributed by atoms with Crippen molar-refractivity contribution in [1.29, 1.82) is 0 Å². The van der Waals surface area contributed by atoms with E-state index < -0.39 is 0 Å². The predicted octanol–water partition coefficient (Wildman–Crippen LogP) is 6.46. The second-order valence-corrected chi connectivity index (χ2v) is 8.71. The van der Waals surface area contributed by atoms with Gasteiger partial charge in [0.15, 0.2) is 6.61 Å². The van der Waals surface area contributed by atoms with E-state index in [2.05, 4.69) is 52.4 Å². The molecule has 0 aliphatic heterocycles. The molecule has 33 heavy (non-hydrogen) atoms. The van der Waals surface area contributed by atoms with Crippen molar-refractivity contribution in [1.82, 2.24) is 5.43 Å². The summed E-state index contributed by atoms with van der Waals surface area (Å²) < 4.78 is 12.5. The molecule has 1 amide bonds. The van der Waals surface area contributed by atoms with Gasteiger partial charge in [-0.1, -0.05) is 72.6 Å². The number of amides is 1. The number of nitrogens with zero attached hydrogens (tertiary/aromatic N) is 1. The Morgan fingerprint density at radius 3 is 2.61 bits per heavy atom. The average Bonchev–Trinajstić information content (AvgIpc) is 2.82. The molecule has 1 atom stereocenters. The number of carbonyl (C=O) groups is 1. The summed E-state index contributed by atoms with van der Waals surface area (Å²) in [6.07, 6.45) is 3.87. The predicted molar refractivity (Wildman–Crippen MR) is 136 cm³/mol. The molecule has 0 saturated heterocycles. The third kappa shape index (κ3) is 8.06. The number of benzene rings is 3. The van der Waals surface area contributed by atoms with Gasteiger partial charge in [-0.25, -0.2) is 5.43 Å². The number of hydrogen-bond acceptors (Lipinski definition) is 4. The maximum absolute atomic E-state index is 12.1. The molecule has 0 aromatic heterocycles. The molecule has 0 aliphatic carbocycles. The van der Waals surface area contributed by atoms with Crippen LogP contribution >= 0.6 is 15.9 Å². The lowest BCUT2D eigenvalue weighted by Gasteiger charge is -2.11. The van der Waals surface area contributed by atoms with Gasteiger partial charge in [0, 0.05) is 10.0 Å². The van der Waals surface area contributed by atoms with Crippen LogP contribution in [-0.2, 0) is 11.4 Å². The molecule has 6 heteroatoms. The number of ether oxygens (including phenoxy) is 2. The molecule has 3 aromatic carbocycles. The van der Waals surface area contributed by atoms with E-state index in [9.17, 15) is 4.79 Å². The Balaban J connectivity index is 1.48. The van der Waals surface area contributed by atoms with Crippen molar-refractivity contribution >= 4 is 28.1 Å². The van der Waals surface area contributed by atoms with Gasteiger partial charge >= 0.3 is 0 Å². The van der Waals surface area contributed by atoms with Gasteiger partial charge in [-0.3, -0.25) is 4.79 Å². The number of para-hydroxylation sites is 1. The molecule has 5 nitrogen and oxygen atoms in total. The first-order valence-corrected chi connectivity index (χ1v) is 11.9. The van der Waals surface area contributed by atoms with E-state index in [1.807, 2.05) is 60.7 Å². The molecule has 0 fully saturated rings. The molecule has 0 bridgehead atoms. The lowest BCUT2D eigenvalue weighted by atomic mass is 9.97. The SMILES string of the molecule is CCCC(C)c1ccc(OCC(=O)N/N=C\c2ccccc2OCc2cccc(Br)c2)cc1. The second-order valence-electron chi connectivity index (χ2n) is 7.80. The van der Waals surface area contributed by atoms with Crippen LogP contribution in [0.2, 0.25) is 0 Å². The molecule has 0 heterocycles. The van der Waals surface area contributed by atoms with Gasteiger partial charge in [0.2, 0.25) is 0 Å². The van der Waals surface area contributed by atoms with E-state index in [1.165, 1.54) is 5.56 Å². The van der Waals surface area contributed by atoms with Crippen LogP contribution in [0.3, 0.4) is 0 Å². The Bertz CT molecular complexity index is 1070. The first-order valence-electron chi connectivity index (χ1n) is 11.1. The highest BCUT2D eigenvalue weighted by molar-refractivity contribution is 9.10. The Hall–Kier alpha value is -3.12. The Morgan fingerprint density at radius 2 is 1.85 bits per heavy atom. The van der Waals surface area contributed by atoms with Crippen molar-refractivity contribution in [2.45, 2.75) is 39.2 Å². The van der Waals surface area contributed by atoms with E-state index in [1.54, 1.807) is 6.21 Å². The number of hydrazone groups is 1. The lowest BCUT2D eigenvalue weighted by molar-refractivity contribution is -0.123. The third-order valence-corrected chi connectivity index (χ3v) is 5.63. The summed E-state index contributed by atoms with van der Waals surface area (Å²) in [6, 6.07) is 23.4. The maximum Gasteiger partial charge on any atom is 0.277 e. The van der Waals surface area contributed by atoms with E-state index in [0.29, 0.717) is 24.0 Å². The first-order chi connectivity index (χ1) is 16.0. The molecule has 3 rings (SSSR count). The van der Waals surface area contributed by atoms with Crippen LogP contribution in [0, 0.1) is 0 Å². The van der Waals surface area contributed by atoms with Crippen molar-refractivity contribution in [2.75, 3.05) is 6.61 Å². The lowest BCUT2D eigenvalue weighted by Crippen LogP contribution is -2.24. The van der Waals surface area contributed by atoms with Crippen molar-refractivity contribution in [3.05, 3.63) is 94.0 Å². The first kappa shape index (κ1) is 24.5. The highest BCUT2D eigenvalue weighted by atomic mass is 79.9. The number of rotatable bonds is 11. The van der Waals surface area contributed by atoms with Crippen molar-refractivity contribution in [3.8, 4) is 11.5 Å². The van der Waals surface area contributed by atoms with Gasteiger partial charge in [-0.15, -0.1) is 0 Å². The summed E-state index contributed by atoms with van der Waals surface area (Å²) in [4.78, 5) is 12.1. The van der Waals surface area contributed by atoms with Crippen LogP contribution in [0.4, 0.5) is 0 Å². The molecule has 0 spiro atoms. The molecule has 0 radical (unpaired) electrons. The molecule has 3 aromatic rings. The van der Waals surface area contributed by atoms with Gasteiger partial charge in [-0.05, 0) is 59.9 Å². The van der Waals surface area contributed by atoms with Crippen molar-refractivity contribution in [2.24, 2.45) is 5.10 Å². The zero-order chi connectivity index (χ0) is 23.5. The monoisotopic (exact) mass is 508 g/mol. The summed E-state index contributed by atoms with van der Waals surface area (Å²) in [6.45, 7) is 4.72. The van der Waals surface area contributed by atoms with Crippen LogP contribution in [-0.4, -0.2) is 18.7 Å². The Labute approximate surface area is 204 Å². The van der Waals surface area contributed by atoms with Crippen LogP contribution in [0.5, 0.6) is 11.5 Å². The summed E-state index contributed by atoms with van der Waals surface area (Å²) >= 11 is 3.47. The molecule has 0 saturated carbocycles. The number of nitrogens with one attached hydrogen (secondary N) is 1. The molecule has 0 aliphatic rings. The summed E-state index contributed by atoms with van der Waals surface area (Å²) in [5.41, 5.74) is 5.60. The fourth-order valence-electron chi connectivity index (χ4n) is 3.35. The molecular weight excluding hydrogens is 480 g/mol. The average molecular weight is 509 g/mol. The van der Waals surface area contributed by atoms with Crippen LogP contribution in [0.15, 0.2) is 82.4 Å². The second kappa shape index (κ2) is 12.8. The highest BCUT2D eigenvalue weighted by Gasteiger charge is 2.06. The number of hydrogen-bond donors (Lipinski definition) is 1. The smallest absolute Gasteiger partial charge is 0.277 e. The van der Waals surface area contributed by atoms with E-state index in [-0.39, 0.29) is 12.5 Å². The Morgan fingerprint density at radius 1 is 1.06 bits per heavy atom. The summed E-state index contributed by atoms with van der Waals surface area (Å²) in [7, 11) is 0. The van der Waals surface area contributed by atoms with Crippen LogP contribution < -0.4 is 14.9 Å². The van der Waals surface area contributed by atoms with Gasteiger partial charge in [0.1, 0.15) is 18.1 Å². The van der Waals surface area contributed by atoms with Gasteiger partial charge in [0.05, 0.1) is 6.21 Å². The van der Waals surface area contributed by atoms with Crippen LogP contribution in [0.1, 0.15) is 49.3 Å². The fraction of sp³-hybridized carbons (Fsp3) is 0.259. The molecule has 172 valence electrons. The quantitative estimate of drug-likeness (QED) is 0.238. The molecule has 1 unspecified atom stereocenters. The number of halogens is 1. The topological polar surface area (TPSA) is 59.9 Å². The minimum atomic E-state index is -0.331. The van der Waals surface area contributed by atoms with Gasteiger partial charge < -0.3 is 9.47 Å². The van der Waals surface area contributed by atoms with E-state index in [4.69, 9.17) is 9.47 Å².